The molecule has 0 spiro atoms. The maximum atomic E-state index is 4.41. The Hall–Kier alpha value is -1.68. The van der Waals surface area contributed by atoms with E-state index in [9.17, 15) is 0 Å². The maximum absolute atomic E-state index is 4.41. The van der Waals surface area contributed by atoms with Crippen molar-refractivity contribution >= 4 is 0 Å². The zero-order valence-corrected chi connectivity index (χ0v) is 12.6. The summed E-state index contributed by atoms with van der Waals surface area (Å²) in [4.78, 5) is 4.41. The van der Waals surface area contributed by atoms with E-state index in [-0.39, 0.29) is 0 Å². The lowest BCUT2D eigenvalue weighted by atomic mass is 9.91. The van der Waals surface area contributed by atoms with Crippen molar-refractivity contribution in [1.82, 2.24) is 20.1 Å². The van der Waals surface area contributed by atoms with Gasteiger partial charge in [-0.25, -0.2) is 4.98 Å². The summed E-state index contributed by atoms with van der Waals surface area (Å²) >= 11 is 0. The van der Waals surface area contributed by atoms with E-state index in [0.717, 1.165) is 31.9 Å². The topological polar surface area (TPSA) is 42.7 Å². The lowest BCUT2D eigenvalue weighted by Gasteiger charge is -2.19. The highest BCUT2D eigenvalue weighted by molar-refractivity contribution is 5.30. The van der Waals surface area contributed by atoms with Gasteiger partial charge in [0.1, 0.15) is 12.2 Å². The fraction of sp³-hybridized carbons (Fsp3) is 0.500. The van der Waals surface area contributed by atoms with E-state index in [1.165, 1.54) is 11.1 Å². The number of likely N-dealkylation sites (N-methyl/N-ethyl adjacent to an activating group) is 1. The fourth-order valence-electron chi connectivity index (χ4n) is 2.59. The largest absolute Gasteiger partial charge is 0.316 e. The third-order valence-electron chi connectivity index (χ3n) is 3.69. The Morgan fingerprint density at radius 3 is 2.75 bits per heavy atom. The molecule has 2 rings (SSSR count). The minimum absolute atomic E-state index is 0.436. The number of rotatable bonds is 7. The molecule has 4 heteroatoms. The number of nitrogens with zero attached hydrogens (tertiary/aromatic N) is 3. The van der Waals surface area contributed by atoms with Gasteiger partial charge in [0.25, 0.3) is 0 Å². The molecule has 0 saturated carbocycles. The van der Waals surface area contributed by atoms with Crippen LogP contribution in [0.3, 0.4) is 0 Å². The molecular formula is C16H24N4. The predicted molar refractivity (Wildman–Crippen MR) is 81.9 cm³/mol. The van der Waals surface area contributed by atoms with Gasteiger partial charge in [-0.1, -0.05) is 31.2 Å². The molecule has 0 aliphatic carbocycles. The summed E-state index contributed by atoms with van der Waals surface area (Å²) in [6, 6.07) is 8.62. The molecule has 2 aromatic rings. The van der Waals surface area contributed by atoms with Gasteiger partial charge >= 0.3 is 0 Å². The van der Waals surface area contributed by atoms with E-state index < -0.39 is 0 Å². The predicted octanol–water partition coefficient (Wildman–Crippen LogP) is 2.54. The van der Waals surface area contributed by atoms with E-state index in [1.54, 1.807) is 6.33 Å². The quantitative estimate of drug-likeness (QED) is 0.842. The third kappa shape index (κ3) is 3.45. The molecule has 1 aromatic carbocycles. The summed E-state index contributed by atoms with van der Waals surface area (Å²) in [6.07, 6.45) is 2.58. The van der Waals surface area contributed by atoms with Crippen molar-refractivity contribution in [1.29, 1.82) is 0 Å². The summed E-state index contributed by atoms with van der Waals surface area (Å²) in [7, 11) is 0. The summed E-state index contributed by atoms with van der Waals surface area (Å²) in [5.41, 5.74) is 2.75. The van der Waals surface area contributed by atoms with E-state index in [1.807, 2.05) is 4.68 Å². The first-order valence-electron chi connectivity index (χ1n) is 7.39. The second-order valence-electron chi connectivity index (χ2n) is 5.06. The van der Waals surface area contributed by atoms with Crippen molar-refractivity contribution in [2.75, 3.05) is 13.1 Å². The molecular weight excluding hydrogens is 248 g/mol. The normalized spacial score (nSPS) is 12.6. The van der Waals surface area contributed by atoms with Crippen LogP contribution in [0.4, 0.5) is 0 Å². The van der Waals surface area contributed by atoms with Crippen molar-refractivity contribution in [3.8, 4) is 0 Å². The van der Waals surface area contributed by atoms with Crippen LogP contribution < -0.4 is 5.32 Å². The fourth-order valence-corrected chi connectivity index (χ4v) is 2.59. The van der Waals surface area contributed by atoms with Gasteiger partial charge in [0.05, 0.1) is 0 Å². The average molecular weight is 272 g/mol. The van der Waals surface area contributed by atoms with Gasteiger partial charge in [-0.2, -0.15) is 5.10 Å². The minimum atomic E-state index is 0.436. The second-order valence-corrected chi connectivity index (χ2v) is 5.06. The minimum Gasteiger partial charge on any atom is -0.316 e. The van der Waals surface area contributed by atoms with E-state index in [0.29, 0.717) is 5.92 Å². The van der Waals surface area contributed by atoms with Crippen molar-refractivity contribution in [3.63, 3.8) is 0 Å². The molecule has 1 aromatic heterocycles. The zero-order chi connectivity index (χ0) is 14.4. The SMILES string of the molecule is CCNCC(Cc1ncnn1CC)c1ccccc1C. The number of hydrogen-bond acceptors (Lipinski definition) is 3. The van der Waals surface area contributed by atoms with Crippen LogP contribution in [-0.2, 0) is 13.0 Å². The Balaban J connectivity index is 2.22. The van der Waals surface area contributed by atoms with Crippen molar-refractivity contribution in [2.45, 2.75) is 39.7 Å². The number of aryl methyl sites for hydroxylation is 2. The summed E-state index contributed by atoms with van der Waals surface area (Å²) in [5, 5.41) is 7.74. The Morgan fingerprint density at radius 2 is 2.05 bits per heavy atom. The molecule has 108 valence electrons. The molecule has 1 N–H and O–H groups in total. The number of hydrogen-bond donors (Lipinski definition) is 1. The van der Waals surface area contributed by atoms with E-state index >= 15 is 0 Å². The molecule has 0 radical (unpaired) electrons. The Bertz CT molecular complexity index is 533. The summed E-state index contributed by atoms with van der Waals surface area (Å²) in [5.74, 6) is 1.50. The van der Waals surface area contributed by atoms with Crippen LogP contribution in [0.25, 0.3) is 0 Å². The van der Waals surface area contributed by atoms with E-state index in [2.05, 4.69) is 60.4 Å². The van der Waals surface area contributed by atoms with Crippen LogP contribution >= 0.6 is 0 Å². The third-order valence-corrected chi connectivity index (χ3v) is 3.69. The standard InChI is InChI=1S/C16H24N4/c1-4-17-11-14(15-9-7-6-8-13(15)3)10-16-18-12-19-20(16)5-2/h6-9,12,14,17H,4-5,10-11H2,1-3H3. The maximum Gasteiger partial charge on any atom is 0.138 e. The lowest BCUT2D eigenvalue weighted by molar-refractivity contribution is 0.543. The molecule has 0 aliphatic rings. The second kappa shape index (κ2) is 7.20. The smallest absolute Gasteiger partial charge is 0.138 e. The molecule has 0 saturated heterocycles. The molecule has 0 amide bonds. The molecule has 0 bridgehead atoms. The Kier molecular flexibility index (Phi) is 5.30. The molecule has 4 nitrogen and oxygen atoms in total. The van der Waals surface area contributed by atoms with Gasteiger partial charge in [-0.3, -0.25) is 4.68 Å². The van der Waals surface area contributed by atoms with Crippen molar-refractivity contribution in [2.24, 2.45) is 0 Å². The van der Waals surface area contributed by atoms with Crippen molar-refractivity contribution in [3.05, 3.63) is 47.5 Å². The zero-order valence-electron chi connectivity index (χ0n) is 12.6. The lowest BCUT2D eigenvalue weighted by Crippen LogP contribution is -2.24. The highest BCUT2D eigenvalue weighted by atomic mass is 15.3. The molecule has 1 heterocycles. The average Bonchev–Trinajstić information content (AvgIpc) is 2.91. The monoisotopic (exact) mass is 272 g/mol. The summed E-state index contributed by atoms with van der Waals surface area (Å²) < 4.78 is 1.98. The Morgan fingerprint density at radius 1 is 1.25 bits per heavy atom. The molecule has 1 atom stereocenters. The highest BCUT2D eigenvalue weighted by Crippen LogP contribution is 2.22. The van der Waals surface area contributed by atoms with Crippen LogP contribution in [0.2, 0.25) is 0 Å². The van der Waals surface area contributed by atoms with Crippen LogP contribution in [-0.4, -0.2) is 27.9 Å². The first-order chi connectivity index (χ1) is 9.76. The van der Waals surface area contributed by atoms with Gasteiger partial charge in [0.2, 0.25) is 0 Å². The number of benzene rings is 1. The first kappa shape index (κ1) is 14.7. The van der Waals surface area contributed by atoms with Gasteiger partial charge in [-0.15, -0.1) is 0 Å². The molecule has 0 aliphatic heterocycles. The van der Waals surface area contributed by atoms with Crippen LogP contribution in [0, 0.1) is 6.92 Å². The van der Waals surface area contributed by atoms with Gasteiger partial charge in [0.15, 0.2) is 0 Å². The van der Waals surface area contributed by atoms with Crippen LogP contribution in [0.5, 0.6) is 0 Å². The number of nitrogens with one attached hydrogen (secondary N) is 1. The van der Waals surface area contributed by atoms with E-state index in [4.69, 9.17) is 0 Å². The van der Waals surface area contributed by atoms with Crippen molar-refractivity contribution < 1.29 is 0 Å². The first-order valence-corrected chi connectivity index (χ1v) is 7.39. The molecule has 1 unspecified atom stereocenters. The molecule has 20 heavy (non-hydrogen) atoms. The van der Waals surface area contributed by atoms with Crippen LogP contribution in [0.1, 0.15) is 36.7 Å². The van der Waals surface area contributed by atoms with Gasteiger partial charge in [-0.05, 0) is 31.5 Å². The summed E-state index contributed by atoms with van der Waals surface area (Å²) in [6.45, 7) is 9.26. The van der Waals surface area contributed by atoms with Crippen LogP contribution in [0.15, 0.2) is 30.6 Å². The Labute approximate surface area is 121 Å². The van der Waals surface area contributed by atoms with Gasteiger partial charge in [0, 0.05) is 25.4 Å². The number of aromatic nitrogens is 3. The van der Waals surface area contributed by atoms with Gasteiger partial charge < -0.3 is 5.32 Å². The molecule has 0 fully saturated rings. The highest BCUT2D eigenvalue weighted by Gasteiger charge is 2.16.